The van der Waals surface area contributed by atoms with Crippen LogP contribution in [0.2, 0.25) is 0 Å². The van der Waals surface area contributed by atoms with Crippen molar-refractivity contribution in [3.8, 4) is 5.69 Å². The summed E-state index contributed by atoms with van der Waals surface area (Å²) in [5, 5.41) is 7.55. The highest BCUT2D eigenvalue weighted by Gasteiger charge is 2.26. The summed E-state index contributed by atoms with van der Waals surface area (Å²) in [4.78, 5) is 26.7. The third-order valence-corrected chi connectivity index (χ3v) is 5.23. The van der Waals surface area contributed by atoms with Crippen LogP contribution in [-0.4, -0.2) is 45.6 Å². The van der Waals surface area contributed by atoms with Gasteiger partial charge in [0.25, 0.3) is 11.8 Å². The molecule has 1 aliphatic heterocycles. The molecular weight excluding hydrogens is 368 g/mol. The summed E-state index contributed by atoms with van der Waals surface area (Å²) in [5.41, 5.74) is 3.55. The first-order valence-electron chi connectivity index (χ1n) is 9.78. The van der Waals surface area contributed by atoms with Crippen molar-refractivity contribution < 1.29 is 14.0 Å². The average molecular weight is 392 g/mol. The molecule has 150 valence electrons. The number of nitrogens with zero attached hydrogens (tertiary/aromatic N) is 3. The van der Waals surface area contributed by atoms with Crippen LogP contribution >= 0.6 is 0 Å². The van der Waals surface area contributed by atoms with Gasteiger partial charge in [-0.2, -0.15) is 5.10 Å². The van der Waals surface area contributed by atoms with Crippen LogP contribution in [0.4, 0.5) is 0 Å². The van der Waals surface area contributed by atoms with Gasteiger partial charge in [-0.25, -0.2) is 4.68 Å². The van der Waals surface area contributed by atoms with Crippen molar-refractivity contribution in [3.05, 3.63) is 71.4 Å². The Balaban J connectivity index is 1.33. The Hall–Kier alpha value is -3.35. The van der Waals surface area contributed by atoms with Gasteiger partial charge in [0.05, 0.1) is 17.6 Å². The molecule has 2 amide bonds. The molecule has 4 rings (SSSR count). The van der Waals surface area contributed by atoms with Gasteiger partial charge < -0.3 is 14.6 Å². The van der Waals surface area contributed by atoms with E-state index in [4.69, 9.17) is 4.42 Å². The van der Waals surface area contributed by atoms with Crippen molar-refractivity contribution >= 4 is 11.8 Å². The lowest BCUT2D eigenvalue weighted by Gasteiger charge is -2.31. The molecule has 3 aromatic rings. The van der Waals surface area contributed by atoms with Gasteiger partial charge in [-0.1, -0.05) is 0 Å². The van der Waals surface area contributed by atoms with Gasteiger partial charge in [0.2, 0.25) is 0 Å². The van der Waals surface area contributed by atoms with E-state index in [9.17, 15) is 9.59 Å². The number of piperidine rings is 1. The third-order valence-electron chi connectivity index (χ3n) is 5.23. The second-order valence-electron chi connectivity index (χ2n) is 7.40. The third kappa shape index (κ3) is 4.08. The molecule has 29 heavy (non-hydrogen) atoms. The molecule has 1 N–H and O–H groups in total. The van der Waals surface area contributed by atoms with Crippen LogP contribution in [0.5, 0.6) is 0 Å². The topological polar surface area (TPSA) is 80.4 Å². The standard InChI is InChI=1S/C22H24N4O3/c1-15-14-16(2)26(24-15)19-7-5-17(6-8-19)21(27)23-18-9-11-25(12-10-18)22(28)20-4-3-13-29-20/h3-8,13-14,18H,9-12H2,1-2H3,(H,23,27). The summed E-state index contributed by atoms with van der Waals surface area (Å²) in [7, 11) is 0. The summed E-state index contributed by atoms with van der Waals surface area (Å²) in [6.07, 6.45) is 2.95. The molecule has 0 unspecified atom stereocenters. The lowest BCUT2D eigenvalue weighted by Crippen LogP contribution is -2.46. The number of aromatic nitrogens is 2. The zero-order valence-corrected chi connectivity index (χ0v) is 16.6. The van der Waals surface area contributed by atoms with Crippen LogP contribution in [0.1, 0.15) is 45.1 Å². The minimum atomic E-state index is -0.0977. The molecule has 0 aliphatic carbocycles. The zero-order valence-electron chi connectivity index (χ0n) is 16.6. The number of carbonyl (C=O) groups excluding carboxylic acids is 2. The van der Waals surface area contributed by atoms with Crippen molar-refractivity contribution in [2.45, 2.75) is 32.7 Å². The molecule has 3 heterocycles. The maximum atomic E-state index is 12.6. The second kappa shape index (κ2) is 7.95. The number of furan rings is 1. The highest BCUT2D eigenvalue weighted by Crippen LogP contribution is 2.16. The normalized spacial score (nSPS) is 14.8. The molecule has 0 atom stereocenters. The highest BCUT2D eigenvalue weighted by atomic mass is 16.3. The molecular formula is C22H24N4O3. The van der Waals surface area contributed by atoms with Crippen LogP contribution in [0.15, 0.2) is 53.1 Å². The Morgan fingerprint density at radius 2 is 1.83 bits per heavy atom. The molecule has 1 aromatic carbocycles. The van der Waals surface area contributed by atoms with Crippen molar-refractivity contribution in [2.75, 3.05) is 13.1 Å². The van der Waals surface area contributed by atoms with E-state index in [1.807, 2.05) is 48.9 Å². The van der Waals surface area contributed by atoms with Crippen LogP contribution in [0.3, 0.4) is 0 Å². The summed E-state index contributed by atoms with van der Waals surface area (Å²) in [6, 6.07) is 12.9. The fraction of sp³-hybridized carbons (Fsp3) is 0.318. The van der Waals surface area contributed by atoms with E-state index in [1.165, 1.54) is 6.26 Å². The lowest BCUT2D eigenvalue weighted by atomic mass is 10.0. The molecule has 2 aromatic heterocycles. The smallest absolute Gasteiger partial charge is 0.289 e. The first kappa shape index (κ1) is 19.0. The number of nitrogens with one attached hydrogen (secondary N) is 1. The highest BCUT2D eigenvalue weighted by molar-refractivity contribution is 5.94. The largest absolute Gasteiger partial charge is 0.459 e. The summed E-state index contributed by atoms with van der Waals surface area (Å²) in [5.74, 6) is 0.162. The molecule has 1 aliphatic rings. The molecule has 0 spiro atoms. The van der Waals surface area contributed by atoms with Gasteiger partial charge in [0.1, 0.15) is 0 Å². The number of benzene rings is 1. The number of carbonyl (C=O) groups is 2. The summed E-state index contributed by atoms with van der Waals surface area (Å²) in [6.45, 7) is 5.16. The van der Waals surface area contributed by atoms with Gasteiger partial charge in [-0.3, -0.25) is 9.59 Å². The zero-order chi connectivity index (χ0) is 20.4. The van der Waals surface area contributed by atoms with Crippen LogP contribution in [0.25, 0.3) is 5.69 Å². The number of hydrogen-bond donors (Lipinski definition) is 1. The number of aryl methyl sites for hydroxylation is 2. The predicted octanol–water partition coefficient (Wildman–Crippen LogP) is 3.12. The Morgan fingerprint density at radius 1 is 1.10 bits per heavy atom. The van der Waals surface area contributed by atoms with Crippen molar-refractivity contribution in [1.82, 2.24) is 20.0 Å². The summed E-state index contributed by atoms with van der Waals surface area (Å²) < 4.78 is 7.04. The van der Waals surface area contributed by atoms with Crippen LogP contribution in [0, 0.1) is 13.8 Å². The van der Waals surface area contributed by atoms with Crippen molar-refractivity contribution in [2.24, 2.45) is 0 Å². The fourth-order valence-electron chi connectivity index (χ4n) is 3.70. The Bertz CT molecular complexity index is 997. The number of hydrogen-bond acceptors (Lipinski definition) is 4. The molecule has 0 bridgehead atoms. The van der Waals surface area contributed by atoms with E-state index >= 15 is 0 Å². The van der Waals surface area contributed by atoms with E-state index in [0.29, 0.717) is 24.4 Å². The van der Waals surface area contributed by atoms with Crippen LogP contribution < -0.4 is 5.32 Å². The molecule has 7 nitrogen and oxygen atoms in total. The van der Waals surface area contributed by atoms with Gasteiger partial charge >= 0.3 is 0 Å². The quantitative estimate of drug-likeness (QED) is 0.740. The Labute approximate surface area is 169 Å². The first-order chi connectivity index (χ1) is 14.0. The Morgan fingerprint density at radius 3 is 2.41 bits per heavy atom. The van der Waals surface area contributed by atoms with Crippen molar-refractivity contribution in [3.63, 3.8) is 0 Å². The average Bonchev–Trinajstić information content (AvgIpc) is 3.38. The minimum Gasteiger partial charge on any atom is -0.459 e. The first-order valence-corrected chi connectivity index (χ1v) is 9.78. The van der Waals surface area contributed by atoms with Gasteiger partial charge in [-0.05, 0) is 69.2 Å². The molecule has 1 saturated heterocycles. The van der Waals surface area contributed by atoms with E-state index in [2.05, 4.69) is 10.4 Å². The minimum absolute atomic E-state index is 0.0545. The monoisotopic (exact) mass is 392 g/mol. The lowest BCUT2D eigenvalue weighted by molar-refractivity contribution is 0.0667. The molecule has 0 saturated carbocycles. The number of amides is 2. The van der Waals surface area contributed by atoms with E-state index in [-0.39, 0.29) is 17.9 Å². The van der Waals surface area contributed by atoms with Gasteiger partial charge in [-0.15, -0.1) is 0 Å². The van der Waals surface area contributed by atoms with Gasteiger partial charge in [0.15, 0.2) is 5.76 Å². The van der Waals surface area contributed by atoms with E-state index in [1.54, 1.807) is 17.0 Å². The molecule has 0 radical (unpaired) electrons. The molecule has 7 heteroatoms. The maximum absolute atomic E-state index is 12.6. The maximum Gasteiger partial charge on any atom is 0.289 e. The molecule has 1 fully saturated rings. The van der Waals surface area contributed by atoms with E-state index < -0.39 is 0 Å². The summed E-state index contributed by atoms with van der Waals surface area (Å²) >= 11 is 0. The second-order valence-corrected chi connectivity index (χ2v) is 7.40. The van der Waals surface area contributed by atoms with E-state index in [0.717, 1.165) is 29.9 Å². The van der Waals surface area contributed by atoms with Gasteiger partial charge in [0, 0.05) is 30.4 Å². The van der Waals surface area contributed by atoms with Crippen molar-refractivity contribution in [1.29, 1.82) is 0 Å². The fourth-order valence-corrected chi connectivity index (χ4v) is 3.70. The predicted molar refractivity (Wildman–Crippen MR) is 108 cm³/mol. The number of rotatable bonds is 4. The van der Waals surface area contributed by atoms with Crippen LogP contribution in [-0.2, 0) is 0 Å². The Kier molecular flexibility index (Phi) is 5.20. The number of likely N-dealkylation sites (tertiary alicyclic amines) is 1. The SMILES string of the molecule is Cc1cc(C)n(-c2ccc(C(=O)NC3CCN(C(=O)c4ccco4)CC3)cc2)n1.